The number of aromatic nitrogens is 1. The fourth-order valence-electron chi connectivity index (χ4n) is 5.42. The Balaban J connectivity index is 1.54. The molecule has 0 saturated heterocycles. The van der Waals surface area contributed by atoms with Crippen molar-refractivity contribution in [1.82, 2.24) is 15.6 Å². The van der Waals surface area contributed by atoms with Gasteiger partial charge in [-0.2, -0.15) is 0 Å². The Bertz CT molecular complexity index is 1940. The lowest BCUT2D eigenvalue weighted by atomic mass is 9.93. The topological polar surface area (TPSA) is 145 Å². The van der Waals surface area contributed by atoms with Crippen molar-refractivity contribution >= 4 is 40.9 Å². The largest absolute Gasteiger partial charge is 0.493 e. The third kappa shape index (κ3) is 8.49. The fraction of sp³-hybridized carbons (Fsp3) is 0.342. The summed E-state index contributed by atoms with van der Waals surface area (Å²) in [6.45, 7) is 12.3. The number of aryl methyl sites for hydroxylation is 1. The van der Waals surface area contributed by atoms with Crippen LogP contribution in [0.4, 0.5) is 10.5 Å². The van der Waals surface area contributed by atoms with Gasteiger partial charge in [-0.3, -0.25) is 9.59 Å². The Labute approximate surface area is 295 Å². The number of hydrogen-bond acceptors (Lipinski definition) is 9. The summed E-state index contributed by atoms with van der Waals surface area (Å²) in [5, 5.41) is 10.6. The minimum Gasteiger partial charge on any atom is -0.493 e. The van der Waals surface area contributed by atoms with Gasteiger partial charge < -0.3 is 30.2 Å². The normalized spacial score (nSPS) is 12.2. The zero-order valence-electron chi connectivity index (χ0n) is 29.3. The molecule has 0 bridgehead atoms. The number of carbonyl (C=O) groups is 4. The molecule has 2 aromatic heterocycles. The number of thiophene rings is 1. The lowest BCUT2D eigenvalue weighted by Gasteiger charge is -2.20. The van der Waals surface area contributed by atoms with Crippen molar-refractivity contribution in [2.45, 2.75) is 60.1 Å². The minimum atomic E-state index is -0.757. The third-order valence-electron chi connectivity index (χ3n) is 7.83. The first kappa shape index (κ1) is 36.1. The fourth-order valence-corrected chi connectivity index (χ4v) is 6.40. The number of methoxy groups -OCH3 is 1. The number of pyridine rings is 1. The Hall–Kier alpha value is -5.23. The third-order valence-corrected chi connectivity index (χ3v) is 8.82. The van der Waals surface area contributed by atoms with E-state index in [1.807, 2.05) is 38.3 Å². The van der Waals surface area contributed by atoms with E-state index in [-0.39, 0.29) is 29.4 Å². The van der Waals surface area contributed by atoms with Crippen LogP contribution in [0, 0.1) is 12.8 Å². The SMILES string of the molecule is COC(=O)c1nc(C(=O)NCC(C)C)ccc1-c1cc2c(cc1C(=O)Nc1ccc(CNC(=O)OC(C)(C)C)cc1C)-c1sccc1CCO2. The summed E-state index contributed by atoms with van der Waals surface area (Å²) in [6.07, 6.45) is 0.180. The molecule has 262 valence electrons. The molecule has 4 aromatic rings. The predicted molar refractivity (Wildman–Crippen MR) is 193 cm³/mol. The highest BCUT2D eigenvalue weighted by molar-refractivity contribution is 7.13. The second-order valence-corrected chi connectivity index (χ2v) is 14.3. The van der Waals surface area contributed by atoms with Crippen molar-refractivity contribution in [3.05, 3.63) is 87.6 Å². The number of benzene rings is 2. The highest BCUT2D eigenvalue weighted by atomic mass is 32.1. The Morgan fingerprint density at radius 3 is 2.44 bits per heavy atom. The Morgan fingerprint density at radius 1 is 0.960 bits per heavy atom. The second kappa shape index (κ2) is 15.1. The molecule has 0 unspecified atom stereocenters. The summed E-state index contributed by atoms with van der Waals surface area (Å²) in [4.78, 5) is 57.9. The molecule has 1 aliphatic rings. The average molecular weight is 699 g/mol. The highest BCUT2D eigenvalue weighted by Crippen LogP contribution is 2.43. The molecule has 3 amide bonds. The summed E-state index contributed by atoms with van der Waals surface area (Å²) in [5.74, 6) is -0.832. The van der Waals surface area contributed by atoms with Crippen molar-refractivity contribution in [3.63, 3.8) is 0 Å². The molecule has 0 saturated carbocycles. The summed E-state index contributed by atoms with van der Waals surface area (Å²) < 4.78 is 16.6. The standard InChI is InChI=1S/C38H42N4O7S/c1-21(2)19-39-35(44)30-11-9-25(32(41-30)36(45)47-7)26-18-31-28(33-24(12-14-48-31)13-15-50-33)17-27(26)34(43)42-29-10-8-23(16-22(29)3)20-40-37(46)49-38(4,5)6/h8-11,13,15-18,21H,12,14,19-20H2,1-7H3,(H,39,44)(H,40,46)(H,42,43). The Kier molecular flexibility index (Phi) is 10.9. The lowest BCUT2D eigenvalue weighted by molar-refractivity contribution is 0.0522. The minimum absolute atomic E-state index is 0.0481. The van der Waals surface area contributed by atoms with Gasteiger partial charge in [0.25, 0.3) is 11.8 Å². The molecule has 11 nitrogen and oxygen atoms in total. The van der Waals surface area contributed by atoms with Crippen LogP contribution in [-0.2, 0) is 22.4 Å². The molecule has 3 heterocycles. The van der Waals surface area contributed by atoms with E-state index in [0.717, 1.165) is 27.1 Å². The van der Waals surface area contributed by atoms with Gasteiger partial charge in [-0.15, -0.1) is 11.3 Å². The molecule has 0 atom stereocenters. The van der Waals surface area contributed by atoms with Gasteiger partial charge in [0.1, 0.15) is 17.0 Å². The summed E-state index contributed by atoms with van der Waals surface area (Å²) in [7, 11) is 1.24. The maximum absolute atomic E-state index is 14.3. The van der Waals surface area contributed by atoms with Crippen LogP contribution in [0.25, 0.3) is 21.6 Å². The van der Waals surface area contributed by atoms with Gasteiger partial charge in [0.05, 0.1) is 13.7 Å². The molecule has 1 aliphatic heterocycles. The van der Waals surface area contributed by atoms with Crippen molar-refractivity contribution < 1.29 is 33.4 Å². The van der Waals surface area contributed by atoms with E-state index in [1.54, 1.807) is 56.4 Å². The van der Waals surface area contributed by atoms with Crippen LogP contribution in [0.1, 0.15) is 82.6 Å². The molecule has 5 rings (SSSR count). The number of nitrogens with one attached hydrogen (secondary N) is 3. The maximum atomic E-state index is 14.3. The van der Waals surface area contributed by atoms with Gasteiger partial charge in [-0.25, -0.2) is 14.6 Å². The molecule has 0 spiro atoms. The van der Waals surface area contributed by atoms with E-state index < -0.39 is 29.5 Å². The quantitative estimate of drug-likeness (QED) is 0.156. The van der Waals surface area contributed by atoms with E-state index in [0.29, 0.717) is 42.1 Å². The summed E-state index contributed by atoms with van der Waals surface area (Å²) in [6, 6.07) is 14.2. The molecule has 3 N–H and O–H groups in total. The van der Waals surface area contributed by atoms with Gasteiger partial charge in [0, 0.05) is 52.3 Å². The van der Waals surface area contributed by atoms with Crippen LogP contribution in [0.2, 0.25) is 0 Å². The van der Waals surface area contributed by atoms with Crippen LogP contribution < -0.4 is 20.7 Å². The van der Waals surface area contributed by atoms with Crippen molar-refractivity contribution in [1.29, 1.82) is 0 Å². The van der Waals surface area contributed by atoms with Crippen LogP contribution >= 0.6 is 11.3 Å². The molecule has 2 aromatic carbocycles. The first-order chi connectivity index (χ1) is 23.7. The number of esters is 1. The van der Waals surface area contributed by atoms with Crippen LogP contribution in [-0.4, -0.2) is 54.7 Å². The first-order valence-corrected chi connectivity index (χ1v) is 17.2. The number of nitrogens with zero attached hydrogens (tertiary/aromatic N) is 1. The number of rotatable bonds is 9. The zero-order chi connectivity index (χ0) is 36.2. The number of fused-ring (bicyclic) bond motifs is 3. The number of alkyl carbamates (subject to hydrolysis) is 1. The number of ether oxygens (including phenoxy) is 3. The first-order valence-electron chi connectivity index (χ1n) is 16.4. The van der Waals surface area contributed by atoms with Crippen molar-refractivity contribution in [3.8, 4) is 27.3 Å². The van der Waals surface area contributed by atoms with Crippen molar-refractivity contribution in [2.75, 3.05) is 25.6 Å². The molecule has 0 fully saturated rings. The van der Waals surface area contributed by atoms with Gasteiger partial charge in [-0.1, -0.05) is 26.0 Å². The summed E-state index contributed by atoms with van der Waals surface area (Å²) in [5.41, 5.74) is 4.34. The predicted octanol–water partition coefficient (Wildman–Crippen LogP) is 7.17. The monoisotopic (exact) mass is 698 g/mol. The van der Waals surface area contributed by atoms with Gasteiger partial charge in [0.2, 0.25) is 0 Å². The molecular formula is C38H42N4O7S. The smallest absolute Gasteiger partial charge is 0.407 e. The highest BCUT2D eigenvalue weighted by Gasteiger charge is 2.27. The van der Waals surface area contributed by atoms with E-state index >= 15 is 0 Å². The van der Waals surface area contributed by atoms with E-state index in [2.05, 4.69) is 27.0 Å². The van der Waals surface area contributed by atoms with Crippen LogP contribution in [0.3, 0.4) is 0 Å². The van der Waals surface area contributed by atoms with E-state index in [9.17, 15) is 19.2 Å². The molecular weight excluding hydrogens is 657 g/mol. The van der Waals surface area contributed by atoms with Crippen LogP contribution in [0.5, 0.6) is 5.75 Å². The number of carbonyl (C=O) groups excluding carboxylic acids is 4. The molecule has 0 radical (unpaired) electrons. The Morgan fingerprint density at radius 2 is 1.74 bits per heavy atom. The van der Waals surface area contributed by atoms with Gasteiger partial charge in [0.15, 0.2) is 5.69 Å². The van der Waals surface area contributed by atoms with Crippen LogP contribution in [0.15, 0.2) is 53.9 Å². The zero-order valence-corrected chi connectivity index (χ0v) is 30.1. The van der Waals surface area contributed by atoms with E-state index in [4.69, 9.17) is 14.2 Å². The number of amides is 3. The molecule has 50 heavy (non-hydrogen) atoms. The lowest BCUT2D eigenvalue weighted by Crippen LogP contribution is -2.32. The maximum Gasteiger partial charge on any atom is 0.407 e. The number of anilines is 1. The number of hydrogen-bond donors (Lipinski definition) is 3. The van der Waals surface area contributed by atoms with Crippen molar-refractivity contribution in [2.24, 2.45) is 5.92 Å². The van der Waals surface area contributed by atoms with Gasteiger partial charge in [-0.05, 0) is 92.1 Å². The second-order valence-electron chi connectivity index (χ2n) is 13.4. The van der Waals surface area contributed by atoms with Gasteiger partial charge >= 0.3 is 12.1 Å². The molecule has 12 heteroatoms. The van der Waals surface area contributed by atoms with E-state index in [1.165, 1.54) is 13.2 Å². The average Bonchev–Trinajstić information content (AvgIpc) is 3.47. The molecule has 0 aliphatic carbocycles. The summed E-state index contributed by atoms with van der Waals surface area (Å²) >= 11 is 1.56.